The van der Waals surface area contributed by atoms with Crippen molar-refractivity contribution >= 4 is 22.1 Å². The number of hydrogen-bond acceptors (Lipinski definition) is 6. The van der Waals surface area contributed by atoms with Crippen molar-refractivity contribution in [1.82, 2.24) is 9.21 Å². The van der Waals surface area contributed by atoms with Gasteiger partial charge < -0.3 is 14.4 Å². The van der Waals surface area contributed by atoms with Gasteiger partial charge in [-0.25, -0.2) is 13.2 Å². The Morgan fingerprint density at radius 3 is 2.15 bits per heavy atom. The van der Waals surface area contributed by atoms with E-state index >= 15 is 0 Å². The Balaban J connectivity index is 2.42. The standard InChI is InChI=1S/C11H20N2O6S/c1-18-10(14)4-3-9-20(16,17)13-7-5-12(6-8-13)11(15)19-2/h3-9H2,1-2H3. The molecule has 1 aliphatic heterocycles. The average molecular weight is 308 g/mol. The molecule has 0 unspecified atom stereocenters. The lowest BCUT2D eigenvalue weighted by Crippen LogP contribution is -2.51. The van der Waals surface area contributed by atoms with Crippen molar-refractivity contribution in [3.63, 3.8) is 0 Å². The highest BCUT2D eigenvalue weighted by molar-refractivity contribution is 7.89. The summed E-state index contributed by atoms with van der Waals surface area (Å²) in [6, 6.07) is 0. The molecule has 0 radical (unpaired) electrons. The summed E-state index contributed by atoms with van der Waals surface area (Å²) in [6.45, 7) is 1.11. The van der Waals surface area contributed by atoms with Crippen molar-refractivity contribution in [3.8, 4) is 0 Å². The summed E-state index contributed by atoms with van der Waals surface area (Å²) in [7, 11) is -0.840. The van der Waals surface area contributed by atoms with E-state index in [9.17, 15) is 18.0 Å². The zero-order valence-electron chi connectivity index (χ0n) is 11.7. The number of ether oxygens (including phenoxy) is 2. The second kappa shape index (κ2) is 7.44. The van der Waals surface area contributed by atoms with Gasteiger partial charge in [0.15, 0.2) is 0 Å². The molecule has 0 bridgehead atoms. The summed E-state index contributed by atoms with van der Waals surface area (Å²) in [5.41, 5.74) is 0. The molecule has 1 amide bonds. The van der Waals surface area contributed by atoms with Crippen LogP contribution in [0.3, 0.4) is 0 Å². The topological polar surface area (TPSA) is 93.2 Å². The number of carbonyl (C=O) groups excluding carboxylic acids is 2. The Labute approximate surface area is 118 Å². The van der Waals surface area contributed by atoms with Gasteiger partial charge in [-0.1, -0.05) is 0 Å². The summed E-state index contributed by atoms with van der Waals surface area (Å²) in [5, 5.41) is 0. The van der Waals surface area contributed by atoms with Gasteiger partial charge in [-0.2, -0.15) is 4.31 Å². The Hall–Kier alpha value is -1.35. The third kappa shape index (κ3) is 4.64. The third-order valence-electron chi connectivity index (χ3n) is 3.08. The van der Waals surface area contributed by atoms with Gasteiger partial charge in [0.2, 0.25) is 10.0 Å². The highest BCUT2D eigenvalue weighted by Gasteiger charge is 2.28. The SMILES string of the molecule is COC(=O)CCCS(=O)(=O)N1CCN(C(=O)OC)CC1. The quantitative estimate of drug-likeness (QED) is 0.645. The number of amides is 1. The maximum Gasteiger partial charge on any atom is 0.409 e. The van der Waals surface area contributed by atoms with Crippen LogP contribution >= 0.6 is 0 Å². The van der Waals surface area contributed by atoms with Crippen molar-refractivity contribution in [3.05, 3.63) is 0 Å². The van der Waals surface area contributed by atoms with E-state index in [4.69, 9.17) is 0 Å². The summed E-state index contributed by atoms with van der Waals surface area (Å²) >= 11 is 0. The van der Waals surface area contributed by atoms with E-state index in [0.29, 0.717) is 13.1 Å². The van der Waals surface area contributed by atoms with Crippen molar-refractivity contribution in [2.75, 3.05) is 46.2 Å². The fourth-order valence-corrected chi connectivity index (χ4v) is 3.39. The molecule has 9 heteroatoms. The molecule has 1 fully saturated rings. The smallest absolute Gasteiger partial charge is 0.409 e. The number of carbonyl (C=O) groups is 2. The first-order valence-corrected chi connectivity index (χ1v) is 7.89. The Bertz CT molecular complexity index is 442. The van der Waals surface area contributed by atoms with E-state index in [1.54, 1.807) is 0 Å². The molecule has 116 valence electrons. The predicted octanol–water partition coefficient (Wildman–Crippen LogP) is -0.347. The molecule has 0 aromatic rings. The second-order valence-corrected chi connectivity index (χ2v) is 6.44. The van der Waals surface area contributed by atoms with E-state index in [1.807, 2.05) is 0 Å². The molecule has 0 N–H and O–H groups in total. The highest BCUT2D eigenvalue weighted by Crippen LogP contribution is 2.10. The largest absolute Gasteiger partial charge is 0.469 e. The minimum absolute atomic E-state index is 0.0812. The van der Waals surface area contributed by atoms with Crippen molar-refractivity contribution < 1.29 is 27.5 Å². The van der Waals surface area contributed by atoms with Crippen LogP contribution in [-0.2, 0) is 24.3 Å². The monoisotopic (exact) mass is 308 g/mol. The zero-order valence-corrected chi connectivity index (χ0v) is 12.5. The number of piperazine rings is 1. The first-order valence-electron chi connectivity index (χ1n) is 6.28. The number of nitrogens with zero attached hydrogens (tertiary/aromatic N) is 2. The van der Waals surface area contributed by atoms with Crippen LogP contribution in [-0.4, -0.2) is 75.8 Å². The van der Waals surface area contributed by atoms with E-state index in [-0.39, 0.29) is 31.7 Å². The maximum atomic E-state index is 12.0. The maximum absolute atomic E-state index is 12.0. The minimum Gasteiger partial charge on any atom is -0.469 e. The molecule has 0 aliphatic carbocycles. The van der Waals surface area contributed by atoms with Gasteiger partial charge in [-0.3, -0.25) is 4.79 Å². The van der Waals surface area contributed by atoms with Crippen LogP contribution in [0.4, 0.5) is 4.79 Å². The molecular weight excluding hydrogens is 288 g/mol. The summed E-state index contributed by atoms with van der Waals surface area (Å²) < 4.78 is 34.5. The van der Waals surface area contributed by atoms with E-state index < -0.39 is 22.1 Å². The predicted molar refractivity (Wildman–Crippen MR) is 70.6 cm³/mol. The van der Waals surface area contributed by atoms with Crippen molar-refractivity contribution in [2.24, 2.45) is 0 Å². The number of esters is 1. The lowest BCUT2D eigenvalue weighted by atomic mass is 10.3. The molecule has 1 rings (SSSR count). The molecule has 20 heavy (non-hydrogen) atoms. The fourth-order valence-electron chi connectivity index (χ4n) is 1.91. The number of methoxy groups -OCH3 is 2. The molecular formula is C11H20N2O6S. The molecule has 1 saturated heterocycles. The third-order valence-corrected chi connectivity index (χ3v) is 5.03. The Morgan fingerprint density at radius 1 is 1.05 bits per heavy atom. The van der Waals surface area contributed by atoms with Crippen LogP contribution in [0.15, 0.2) is 0 Å². The molecule has 1 aliphatic rings. The van der Waals surface area contributed by atoms with E-state index in [2.05, 4.69) is 9.47 Å². The molecule has 8 nitrogen and oxygen atoms in total. The summed E-state index contributed by atoms with van der Waals surface area (Å²) in [4.78, 5) is 23.7. The van der Waals surface area contributed by atoms with E-state index in [0.717, 1.165) is 0 Å². The van der Waals surface area contributed by atoms with Gasteiger partial charge in [-0.15, -0.1) is 0 Å². The normalized spacial score (nSPS) is 16.8. The summed E-state index contributed by atoms with van der Waals surface area (Å²) in [6.07, 6.45) is -0.142. The van der Waals surface area contributed by atoms with Crippen LogP contribution < -0.4 is 0 Å². The van der Waals surface area contributed by atoms with Gasteiger partial charge in [0.25, 0.3) is 0 Å². The van der Waals surface area contributed by atoms with Crippen LogP contribution in [0.5, 0.6) is 0 Å². The number of sulfonamides is 1. The molecule has 1 heterocycles. The molecule has 0 saturated carbocycles. The van der Waals surface area contributed by atoms with Gasteiger partial charge in [0.1, 0.15) is 0 Å². The zero-order chi connectivity index (χ0) is 15.2. The number of hydrogen-bond donors (Lipinski definition) is 0. The fraction of sp³-hybridized carbons (Fsp3) is 0.818. The Kier molecular flexibility index (Phi) is 6.21. The number of rotatable bonds is 5. The van der Waals surface area contributed by atoms with Crippen LogP contribution in [0.25, 0.3) is 0 Å². The molecule has 0 aromatic carbocycles. The van der Waals surface area contributed by atoms with Crippen molar-refractivity contribution in [2.45, 2.75) is 12.8 Å². The summed E-state index contributed by atoms with van der Waals surface area (Å²) in [5.74, 6) is -0.518. The average Bonchev–Trinajstić information content (AvgIpc) is 2.46. The molecule has 0 aromatic heterocycles. The van der Waals surface area contributed by atoms with Crippen LogP contribution in [0.2, 0.25) is 0 Å². The Morgan fingerprint density at radius 2 is 1.65 bits per heavy atom. The first kappa shape index (κ1) is 16.7. The van der Waals surface area contributed by atoms with Crippen LogP contribution in [0.1, 0.15) is 12.8 Å². The lowest BCUT2D eigenvalue weighted by Gasteiger charge is -2.33. The minimum atomic E-state index is -3.40. The highest BCUT2D eigenvalue weighted by atomic mass is 32.2. The van der Waals surface area contributed by atoms with Crippen molar-refractivity contribution in [1.29, 1.82) is 0 Å². The first-order chi connectivity index (χ1) is 9.40. The van der Waals surface area contributed by atoms with Crippen LogP contribution in [0, 0.1) is 0 Å². The second-order valence-electron chi connectivity index (χ2n) is 4.35. The van der Waals surface area contributed by atoms with Gasteiger partial charge in [-0.05, 0) is 6.42 Å². The van der Waals surface area contributed by atoms with E-state index in [1.165, 1.54) is 23.4 Å². The van der Waals surface area contributed by atoms with Gasteiger partial charge in [0, 0.05) is 32.6 Å². The van der Waals surface area contributed by atoms with Gasteiger partial charge >= 0.3 is 12.1 Å². The lowest BCUT2D eigenvalue weighted by molar-refractivity contribution is -0.140. The molecule has 0 atom stereocenters. The van der Waals surface area contributed by atoms with Gasteiger partial charge in [0.05, 0.1) is 20.0 Å². The molecule has 0 spiro atoms.